The summed E-state index contributed by atoms with van der Waals surface area (Å²) in [5.74, 6) is 0.338. The number of nitrogens with two attached hydrogens (primary N) is 1. The molecule has 7 heteroatoms. The Hall–Kier alpha value is -3.74. The fraction of sp³-hybridized carbons (Fsp3) is 0.217. The molecule has 1 amide bonds. The number of carbonyl (C=O) groups excluding carboxylic acids is 1. The van der Waals surface area contributed by atoms with Gasteiger partial charge in [0.2, 0.25) is 0 Å². The SMILES string of the molecule is Cc1cc2cc(Cc3cc(C(=O)NCc4c(C)cc(N)nc4C)ccn3)cnc2[nH]1. The van der Waals surface area contributed by atoms with Crippen LogP contribution in [-0.2, 0) is 13.0 Å². The molecule has 4 aromatic rings. The van der Waals surface area contributed by atoms with Crippen LogP contribution < -0.4 is 11.1 Å². The molecule has 7 nitrogen and oxygen atoms in total. The van der Waals surface area contributed by atoms with Gasteiger partial charge in [-0.15, -0.1) is 0 Å². The Morgan fingerprint density at radius 3 is 2.77 bits per heavy atom. The molecule has 0 saturated carbocycles. The van der Waals surface area contributed by atoms with Gasteiger partial charge in [-0.3, -0.25) is 9.78 Å². The largest absolute Gasteiger partial charge is 0.384 e. The number of amides is 1. The smallest absolute Gasteiger partial charge is 0.251 e. The van der Waals surface area contributed by atoms with Crippen molar-refractivity contribution in [3.05, 3.63) is 82.1 Å². The minimum Gasteiger partial charge on any atom is -0.384 e. The number of nitrogens with one attached hydrogen (secondary N) is 2. The zero-order valence-corrected chi connectivity index (χ0v) is 17.3. The number of pyridine rings is 3. The van der Waals surface area contributed by atoms with E-state index in [2.05, 4.69) is 37.4 Å². The maximum absolute atomic E-state index is 12.7. The number of aryl methyl sites for hydroxylation is 3. The minimum atomic E-state index is -0.149. The molecule has 30 heavy (non-hydrogen) atoms. The lowest BCUT2D eigenvalue weighted by Crippen LogP contribution is -2.24. The van der Waals surface area contributed by atoms with Gasteiger partial charge in [-0.1, -0.05) is 0 Å². The number of nitrogen functional groups attached to an aromatic ring is 1. The van der Waals surface area contributed by atoms with Crippen LogP contribution >= 0.6 is 0 Å². The molecule has 4 rings (SSSR count). The Balaban J connectivity index is 1.47. The number of hydrogen-bond donors (Lipinski definition) is 3. The quantitative estimate of drug-likeness (QED) is 0.476. The van der Waals surface area contributed by atoms with Crippen LogP contribution in [0.2, 0.25) is 0 Å². The summed E-state index contributed by atoms with van der Waals surface area (Å²) in [7, 11) is 0. The zero-order chi connectivity index (χ0) is 21.3. The van der Waals surface area contributed by atoms with E-state index >= 15 is 0 Å². The molecule has 0 fully saturated rings. The van der Waals surface area contributed by atoms with Crippen LogP contribution in [0.1, 0.15) is 44.1 Å². The number of aromatic nitrogens is 4. The average molecular weight is 400 g/mol. The van der Waals surface area contributed by atoms with Gasteiger partial charge in [-0.25, -0.2) is 9.97 Å². The van der Waals surface area contributed by atoms with Crippen LogP contribution in [-0.4, -0.2) is 25.8 Å². The van der Waals surface area contributed by atoms with Gasteiger partial charge in [0.1, 0.15) is 11.5 Å². The Morgan fingerprint density at radius 2 is 1.97 bits per heavy atom. The Labute approximate surface area is 174 Å². The number of rotatable bonds is 5. The lowest BCUT2D eigenvalue weighted by atomic mass is 10.1. The third kappa shape index (κ3) is 4.15. The summed E-state index contributed by atoms with van der Waals surface area (Å²) in [5.41, 5.74) is 13.0. The summed E-state index contributed by atoms with van der Waals surface area (Å²) in [6.07, 6.45) is 4.11. The van der Waals surface area contributed by atoms with Gasteiger partial charge in [0.25, 0.3) is 5.91 Å². The molecule has 0 aliphatic carbocycles. The molecule has 0 spiro atoms. The summed E-state index contributed by atoms with van der Waals surface area (Å²) in [6.45, 7) is 6.27. The molecule has 152 valence electrons. The summed E-state index contributed by atoms with van der Waals surface area (Å²) >= 11 is 0. The molecule has 4 heterocycles. The highest BCUT2D eigenvalue weighted by atomic mass is 16.1. The summed E-state index contributed by atoms with van der Waals surface area (Å²) in [4.78, 5) is 29.1. The van der Waals surface area contributed by atoms with Gasteiger partial charge >= 0.3 is 0 Å². The van der Waals surface area contributed by atoms with Crippen LogP contribution in [0, 0.1) is 20.8 Å². The molecule has 0 aromatic carbocycles. The highest BCUT2D eigenvalue weighted by Gasteiger charge is 2.11. The molecule has 4 aromatic heterocycles. The molecule has 0 bridgehead atoms. The number of nitrogens with zero attached hydrogens (tertiary/aromatic N) is 3. The first-order valence-electron chi connectivity index (χ1n) is 9.79. The Kier molecular flexibility index (Phi) is 5.18. The Bertz CT molecular complexity index is 1220. The van der Waals surface area contributed by atoms with E-state index in [9.17, 15) is 4.79 Å². The number of H-pyrrole nitrogens is 1. The van der Waals surface area contributed by atoms with Gasteiger partial charge in [0.05, 0.1) is 0 Å². The predicted molar refractivity (Wildman–Crippen MR) is 117 cm³/mol. The average Bonchev–Trinajstić information content (AvgIpc) is 3.06. The van der Waals surface area contributed by atoms with Gasteiger partial charge in [0.15, 0.2) is 0 Å². The van der Waals surface area contributed by atoms with E-state index in [4.69, 9.17) is 5.73 Å². The second-order valence-corrected chi connectivity index (χ2v) is 7.56. The summed E-state index contributed by atoms with van der Waals surface area (Å²) in [6, 6.07) is 9.52. The predicted octanol–water partition coefficient (Wildman–Crippen LogP) is 3.38. The highest BCUT2D eigenvalue weighted by molar-refractivity contribution is 5.94. The number of fused-ring (bicyclic) bond motifs is 1. The van der Waals surface area contributed by atoms with Gasteiger partial charge in [-0.05, 0) is 67.8 Å². The van der Waals surface area contributed by atoms with Crippen LogP contribution in [0.5, 0.6) is 0 Å². The van der Waals surface area contributed by atoms with Crippen molar-refractivity contribution in [2.45, 2.75) is 33.7 Å². The van der Waals surface area contributed by atoms with Gasteiger partial charge in [0, 0.05) is 53.4 Å². The fourth-order valence-corrected chi connectivity index (χ4v) is 3.65. The van der Waals surface area contributed by atoms with Crippen molar-refractivity contribution in [3.8, 4) is 0 Å². The molecule has 0 radical (unpaired) electrons. The van der Waals surface area contributed by atoms with Crippen molar-refractivity contribution in [1.29, 1.82) is 0 Å². The van der Waals surface area contributed by atoms with Crippen molar-refractivity contribution in [3.63, 3.8) is 0 Å². The number of aromatic amines is 1. The van der Waals surface area contributed by atoms with Crippen molar-refractivity contribution < 1.29 is 4.79 Å². The van der Waals surface area contributed by atoms with Crippen molar-refractivity contribution in [2.75, 3.05) is 5.73 Å². The summed E-state index contributed by atoms with van der Waals surface area (Å²) in [5, 5.41) is 4.04. The fourth-order valence-electron chi connectivity index (χ4n) is 3.65. The number of anilines is 1. The molecular formula is C23H24N6O. The van der Waals surface area contributed by atoms with E-state index in [0.29, 0.717) is 24.3 Å². The Morgan fingerprint density at radius 1 is 1.13 bits per heavy atom. The van der Waals surface area contributed by atoms with Crippen molar-refractivity contribution >= 4 is 22.8 Å². The molecule has 0 aliphatic rings. The second-order valence-electron chi connectivity index (χ2n) is 7.56. The third-order valence-electron chi connectivity index (χ3n) is 5.13. The lowest BCUT2D eigenvalue weighted by molar-refractivity contribution is 0.0950. The first kappa shape index (κ1) is 19.6. The first-order chi connectivity index (χ1) is 14.4. The molecule has 0 unspecified atom stereocenters. The third-order valence-corrected chi connectivity index (χ3v) is 5.13. The molecule has 0 aliphatic heterocycles. The van der Waals surface area contributed by atoms with E-state index in [-0.39, 0.29) is 5.91 Å². The minimum absolute atomic E-state index is 0.149. The van der Waals surface area contributed by atoms with Crippen LogP contribution in [0.25, 0.3) is 11.0 Å². The molecule has 0 saturated heterocycles. The summed E-state index contributed by atoms with van der Waals surface area (Å²) < 4.78 is 0. The van der Waals surface area contributed by atoms with E-state index in [1.54, 1.807) is 12.3 Å². The van der Waals surface area contributed by atoms with E-state index in [0.717, 1.165) is 44.8 Å². The normalized spacial score (nSPS) is 11.0. The highest BCUT2D eigenvalue weighted by Crippen LogP contribution is 2.17. The van der Waals surface area contributed by atoms with Gasteiger partial charge < -0.3 is 16.0 Å². The van der Waals surface area contributed by atoms with Crippen molar-refractivity contribution in [2.24, 2.45) is 0 Å². The number of carbonyl (C=O) groups is 1. The second kappa shape index (κ2) is 7.94. The maximum atomic E-state index is 12.7. The van der Waals surface area contributed by atoms with Crippen LogP contribution in [0.4, 0.5) is 5.82 Å². The van der Waals surface area contributed by atoms with E-state index < -0.39 is 0 Å². The van der Waals surface area contributed by atoms with E-state index in [1.165, 1.54) is 0 Å². The molecule has 0 atom stereocenters. The van der Waals surface area contributed by atoms with E-state index in [1.807, 2.05) is 39.1 Å². The van der Waals surface area contributed by atoms with Crippen molar-refractivity contribution in [1.82, 2.24) is 25.3 Å². The van der Waals surface area contributed by atoms with Crippen LogP contribution in [0.3, 0.4) is 0 Å². The lowest BCUT2D eigenvalue weighted by Gasteiger charge is -2.12. The topological polar surface area (TPSA) is 110 Å². The number of hydrogen-bond acceptors (Lipinski definition) is 5. The molecular weight excluding hydrogens is 376 g/mol. The maximum Gasteiger partial charge on any atom is 0.251 e. The van der Waals surface area contributed by atoms with Crippen LogP contribution in [0.15, 0.2) is 42.7 Å². The standard InChI is InChI=1S/C23H24N6O/c1-13-6-21(24)29-15(3)20(13)12-27-23(30)17-4-5-25-19(10-17)9-16-8-18-7-14(2)28-22(18)26-11-16/h4-8,10-11H,9,12H2,1-3H3,(H2,24,29)(H,26,28)(H,27,30). The zero-order valence-electron chi connectivity index (χ0n) is 17.3. The van der Waals surface area contributed by atoms with Gasteiger partial charge in [-0.2, -0.15) is 0 Å². The monoisotopic (exact) mass is 400 g/mol. The molecule has 4 N–H and O–H groups in total. The first-order valence-corrected chi connectivity index (χ1v) is 9.79.